The molecule has 108 valence electrons. The fourth-order valence-electron chi connectivity index (χ4n) is 2.25. The second kappa shape index (κ2) is 5.44. The van der Waals surface area contributed by atoms with Crippen LogP contribution in [0.15, 0.2) is 16.7 Å². The molecule has 20 heavy (non-hydrogen) atoms. The molecule has 0 fully saturated rings. The van der Waals surface area contributed by atoms with Crippen molar-refractivity contribution in [2.45, 2.75) is 6.42 Å². The molecule has 1 heterocycles. The summed E-state index contributed by atoms with van der Waals surface area (Å²) >= 11 is 3.30. The van der Waals surface area contributed by atoms with Crippen molar-refractivity contribution in [3.05, 3.63) is 28.1 Å². The Balaban J connectivity index is 2.70. The van der Waals surface area contributed by atoms with Gasteiger partial charge in [-0.2, -0.15) is 0 Å². The van der Waals surface area contributed by atoms with Crippen LogP contribution in [0.3, 0.4) is 0 Å². The first kappa shape index (κ1) is 14.8. The normalized spacial score (nSPS) is 10.9. The number of nitrogens with zero attached hydrogens (tertiary/aromatic N) is 2. The first-order chi connectivity index (χ1) is 9.36. The highest BCUT2D eigenvalue weighted by atomic mass is 79.9. The van der Waals surface area contributed by atoms with Crippen LogP contribution in [-0.4, -0.2) is 36.6 Å². The zero-order chi connectivity index (χ0) is 15.0. The lowest BCUT2D eigenvalue weighted by Gasteiger charge is -2.11. The van der Waals surface area contributed by atoms with Crippen molar-refractivity contribution in [1.29, 1.82) is 0 Å². The molecule has 0 saturated carbocycles. The maximum absolute atomic E-state index is 14.1. The number of aryl methyl sites for hydroxylation is 1. The molecule has 0 aliphatic heterocycles. The smallest absolute Gasteiger partial charge is 0.226 e. The molecule has 2 rings (SSSR count). The Kier molecular flexibility index (Phi) is 4.04. The minimum Gasteiger partial charge on any atom is -0.495 e. The van der Waals surface area contributed by atoms with E-state index < -0.39 is 0 Å². The van der Waals surface area contributed by atoms with Gasteiger partial charge >= 0.3 is 0 Å². The number of amides is 1. The monoisotopic (exact) mass is 342 g/mol. The number of aromatic nitrogens is 1. The quantitative estimate of drug-likeness (QED) is 0.859. The standard InChI is InChI=1S/C14H16BrFN2O2/c1-17(2)11(19)5-8-7-18(3)13-10(16)6-9(15)14(20-4)12(8)13/h6-7H,5H2,1-4H3. The Hall–Kier alpha value is -1.56. The predicted molar refractivity (Wildman–Crippen MR) is 79.5 cm³/mol. The molecule has 0 radical (unpaired) electrons. The number of fused-ring (bicyclic) bond motifs is 1. The number of carbonyl (C=O) groups excluding carboxylic acids is 1. The van der Waals surface area contributed by atoms with Crippen LogP contribution >= 0.6 is 15.9 Å². The SMILES string of the molecule is COc1c(Br)cc(F)c2c1c(CC(=O)N(C)C)cn2C. The van der Waals surface area contributed by atoms with E-state index in [1.807, 2.05) is 0 Å². The first-order valence-corrected chi connectivity index (χ1v) is 6.86. The number of carbonyl (C=O) groups is 1. The summed E-state index contributed by atoms with van der Waals surface area (Å²) in [5, 5.41) is 0.636. The molecule has 2 aromatic rings. The molecule has 1 amide bonds. The topological polar surface area (TPSA) is 34.5 Å². The van der Waals surface area contributed by atoms with Crippen LogP contribution in [0.5, 0.6) is 5.75 Å². The van der Waals surface area contributed by atoms with Crippen molar-refractivity contribution in [1.82, 2.24) is 9.47 Å². The summed E-state index contributed by atoms with van der Waals surface area (Å²) < 4.78 is 21.7. The van der Waals surface area contributed by atoms with Gasteiger partial charge in [-0.3, -0.25) is 4.79 Å². The molecular formula is C14H16BrFN2O2. The third kappa shape index (κ3) is 2.40. The second-order valence-corrected chi connectivity index (χ2v) is 5.68. The molecule has 0 bridgehead atoms. The number of ether oxygens (including phenoxy) is 1. The van der Waals surface area contributed by atoms with Crippen molar-refractivity contribution in [2.75, 3.05) is 21.2 Å². The first-order valence-electron chi connectivity index (χ1n) is 6.06. The van der Waals surface area contributed by atoms with Crippen molar-refractivity contribution < 1.29 is 13.9 Å². The van der Waals surface area contributed by atoms with E-state index in [2.05, 4.69) is 15.9 Å². The molecule has 0 N–H and O–H groups in total. The average Bonchev–Trinajstić information content (AvgIpc) is 2.67. The average molecular weight is 343 g/mol. The summed E-state index contributed by atoms with van der Waals surface area (Å²) in [6.07, 6.45) is 1.97. The van der Waals surface area contributed by atoms with E-state index in [0.29, 0.717) is 21.1 Å². The zero-order valence-corrected chi connectivity index (χ0v) is 13.4. The summed E-state index contributed by atoms with van der Waals surface area (Å²) in [5.41, 5.74) is 1.19. The number of hydrogen-bond donors (Lipinski definition) is 0. The molecule has 0 spiro atoms. The zero-order valence-electron chi connectivity index (χ0n) is 11.8. The number of methoxy groups -OCH3 is 1. The minimum atomic E-state index is -0.348. The third-order valence-corrected chi connectivity index (χ3v) is 3.82. The third-order valence-electron chi connectivity index (χ3n) is 3.23. The molecule has 0 saturated heterocycles. The van der Waals surface area contributed by atoms with Crippen molar-refractivity contribution in [3.63, 3.8) is 0 Å². The molecule has 0 unspecified atom stereocenters. The Morgan fingerprint density at radius 1 is 1.50 bits per heavy atom. The fourth-order valence-corrected chi connectivity index (χ4v) is 2.81. The molecule has 0 atom stereocenters. The van der Waals surface area contributed by atoms with Crippen LogP contribution in [0.2, 0.25) is 0 Å². The lowest BCUT2D eigenvalue weighted by Crippen LogP contribution is -2.23. The van der Waals surface area contributed by atoms with Gasteiger partial charge in [0.25, 0.3) is 0 Å². The van der Waals surface area contributed by atoms with Crippen LogP contribution in [0.25, 0.3) is 10.9 Å². The van der Waals surface area contributed by atoms with E-state index in [1.54, 1.807) is 31.9 Å². The largest absolute Gasteiger partial charge is 0.495 e. The van der Waals surface area contributed by atoms with Crippen LogP contribution in [0.1, 0.15) is 5.56 Å². The lowest BCUT2D eigenvalue weighted by molar-refractivity contribution is -0.127. The molecular weight excluding hydrogens is 327 g/mol. The summed E-state index contributed by atoms with van der Waals surface area (Å²) in [4.78, 5) is 13.4. The molecule has 1 aromatic carbocycles. The van der Waals surface area contributed by atoms with Gasteiger partial charge in [0.15, 0.2) is 0 Å². The predicted octanol–water partition coefficient (Wildman–Crippen LogP) is 2.72. The van der Waals surface area contributed by atoms with Gasteiger partial charge in [-0.15, -0.1) is 0 Å². The second-order valence-electron chi connectivity index (χ2n) is 4.83. The molecule has 0 aliphatic carbocycles. The molecule has 6 heteroatoms. The summed E-state index contributed by atoms with van der Waals surface area (Å²) in [6, 6.07) is 1.37. The van der Waals surface area contributed by atoms with Gasteiger partial charge in [-0.1, -0.05) is 0 Å². The van der Waals surface area contributed by atoms with E-state index in [1.165, 1.54) is 18.1 Å². The van der Waals surface area contributed by atoms with Gasteiger partial charge in [0.1, 0.15) is 11.6 Å². The fraction of sp³-hybridized carbons (Fsp3) is 0.357. The lowest BCUT2D eigenvalue weighted by atomic mass is 10.1. The van der Waals surface area contributed by atoms with Gasteiger partial charge in [0, 0.05) is 32.7 Å². The van der Waals surface area contributed by atoms with Gasteiger partial charge < -0.3 is 14.2 Å². The number of benzene rings is 1. The van der Waals surface area contributed by atoms with Crippen LogP contribution in [-0.2, 0) is 18.3 Å². The Morgan fingerprint density at radius 3 is 2.70 bits per heavy atom. The van der Waals surface area contributed by atoms with Gasteiger partial charge in [-0.25, -0.2) is 4.39 Å². The Labute approximate surface area is 125 Å². The van der Waals surface area contributed by atoms with E-state index in [-0.39, 0.29) is 18.1 Å². The maximum Gasteiger partial charge on any atom is 0.226 e. The van der Waals surface area contributed by atoms with Crippen LogP contribution < -0.4 is 4.74 Å². The maximum atomic E-state index is 14.1. The summed E-state index contributed by atoms with van der Waals surface area (Å²) in [6.45, 7) is 0. The van der Waals surface area contributed by atoms with E-state index >= 15 is 0 Å². The van der Waals surface area contributed by atoms with Gasteiger partial charge in [-0.05, 0) is 27.6 Å². The highest BCUT2D eigenvalue weighted by Gasteiger charge is 2.20. The van der Waals surface area contributed by atoms with E-state index in [4.69, 9.17) is 4.74 Å². The summed E-state index contributed by atoms with van der Waals surface area (Å²) in [7, 11) is 6.67. The Morgan fingerprint density at radius 2 is 2.15 bits per heavy atom. The highest BCUT2D eigenvalue weighted by molar-refractivity contribution is 9.10. The van der Waals surface area contributed by atoms with Crippen molar-refractivity contribution in [2.24, 2.45) is 7.05 Å². The van der Waals surface area contributed by atoms with E-state index in [9.17, 15) is 9.18 Å². The number of likely N-dealkylation sites (N-methyl/N-ethyl adjacent to an activating group) is 1. The van der Waals surface area contributed by atoms with Crippen molar-refractivity contribution in [3.8, 4) is 5.75 Å². The molecule has 1 aromatic heterocycles. The number of rotatable bonds is 3. The van der Waals surface area contributed by atoms with Crippen LogP contribution in [0, 0.1) is 5.82 Å². The highest BCUT2D eigenvalue weighted by Crippen LogP contribution is 2.38. The molecule has 4 nitrogen and oxygen atoms in total. The minimum absolute atomic E-state index is 0.0417. The molecule has 0 aliphatic rings. The van der Waals surface area contributed by atoms with Gasteiger partial charge in [0.05, 0.1) is 23.5 Å². The Bertz CT molecular complexity index is 680. The number of hydrogen-bond acceptors (Lipinski definition) is 2. The van der Waals surface area contributed by atoms with Gasteiger partial charge in [0.2, 0.25) is 5.91 Å². The number of halogens is 2. The van der Waals surface area contributed by atoms with Crippen molar-refractivity contribution >= 4 is 32.7 Å². The van der Waals surface area contributed by atoms with E-state index in [0.717, 1.165) is 5.56 Å². The summed E-state index contributed by atoms with van der Waals surface area (Å²) in [5.74, 6) is 0.155. The van der Waals surface area contributed by atoms with Crippen LogP contribution in [0.4, 0.5) is 4.39 Å².